The molecule has 8 heteroatoms. The maximum atomic E-state index is 12.8. The van der Waals surface area contributed by atoms with Crippen molar-refractivity contribution in [2.24, 2.45) is 0 Å². The average molecular weight is 353 g/mol. The maximum absolute atomic E-state index is 12.8. The molecular weight excluding hydrogens is 341 g/mol. The van der Waals surface area contributed by atoms with Gasteiger partial charge in [0.25, 0.3) is 0 Å². The van der Waals surface area contributed by atoms with Crippen molar-refractivity contribution < 1.29 is 13.2 Å². The van der Waals surface area contributed by atoms with Crippen LogP contribution in [0, 0.1) is 0 Å². The number of nitrogens with zero attached hydrogens (tertiary/aromatic N) is 3. The SMILES string of the molecule is FC(F)(F)c1cccc(Nc2cc(Cl)nc3c(C4CC4)cnn23)c1. The topological polar surface area (TPSA) is 42.2 Å². The van der Waals surface area contributed by atoms with Gasteiger partial charge in [0.1, 0.15) is 11.0 Å². The number of benzene rings is 1. The third-order valence-corrected chi connectivity index (χ3v) is 4.14. The summed E-state index contributed by atoms with van der Waals surface area (Å²) in [5, 5.41) is 7.51. The first-order chi connectivity index (χ1) is 11.4. The van der Waals surface area contributed by atoms with Crippen LogP contribution < -0.4 is 5.32 Å². The van der Waals surface area contributed by atoms with Gasteiger partial charge in [-0.25, -0.2) is 4.98 Å². The summed E-state index contributed by atoms with van der Waals surface area (Å²) >= 11 is 6.08. The van der Waals surface area contributed by atoms with Gasteiger partial charge < -0.3 is 5.32 Å². The summed E-state index contributed by atoms with van der Waals surface area (Å²) in [6.45, 7) is 0. The lowest BCUT2D eigenvalue weighted by Crippen LogP contribution is -2.06. The van der Waals surface area contributed by atoms with Crippen LogP contribution in [0.5, 0.6) is 0 Å². The minimum Gasteiger partial charge on any atom is -0.340 e. The zero-order chi connectivity index (χ0) is 16.9. The highest BCUT2D eigenvalue weighted by Gasteiger charge is 2.31. The van der Waals surface area contributed by atoms with Crippen LogP contribution in [0.4, 0.5) is 24.7 Å². The van der Waals surface area contributed by atoms with Crippen LogP contribution in [-0.4, -0.2) is 14.6 Å². The van der Waals surface area contributed by atoms with Crippen LogP contribution in [0.3, 0.4) is 0 Å². The molecule has 1 aliphatic carbocycles. The summed E-state index contributed by atoms with van der Waals surface area (Å²) in [6.07, 6.45) is -0.473. The normalized spacial score (nSPS) is 15.0. The van der Waals surface area contributed by atoms with Crippen molar-refractivity contribution in [3.05, 3.63) is 52.8 Å². The van der Waals surface area contributed by atoms with Gasteiger partial charge in [0.05, 0.1) is 11.8 Å². The maximum Gasteiger partial charge on any atom is 0.416 e. The molecule has 4 nitrogen and oxygen atoms in total. The Labute approximate surface area is 140 Å². The lowest BCUT2D eigenvalue weighted by Gasteiger charge is -2.12. The molecule has 1 saturated carbocycles. The van der Waals surface area contributed by atoms with Gasteiger partial charge in [0, 0.05) is 17.3 Å². The highest BCUT2D eigenvalue weighted by molar-refractivity contribution is 6.29. The van der Waals surface area contributed by atoms with E-state index >= 15 is 0 Å². The molecule has 0 spiro atoms. The molecule has 0 bridgehead atoms. The van der Waals surface area contributed by atoms with Gasteiger partial charge in [-0.1, -0.05) is 17.7 Å². The largest absolute Gasteiger partial charge is 0.416 e. The van der Waals surface area contributed by atoms with E-state index in [0.29, 0.717) is 23.1 Å². The molecule has 0 unspecified atom stereocenters. The second kappa shape index (κ2) is 5.37. The minimum absolute atomic E-state index is 0.263. The van der Waals surface area contributed by atoms with Crippen LogP contribution in [0.25, 0.3) is 5.65 Å². The van der Waals surface area contributed by atoms with E-state index in [1.165, 1.54) is 6.07 Å². The number of halogens is 4. The molecule has 124 valence electrons. The molecule has 0 amide bonds. The predicted octanol–water partition coefficient (Wildman–Crippen LogP) is 5.02. The summed E-state index contributed by atoms with van der Waals surface area (Å²) in [7, 11) is 0. The summed E-state index contributed by atoms with van der Waals surface area (Å²) < 4.78 is 40.1. The van der Waals surface area contributed by atoms with Crippen LogP contribution in [0.2, 0.25) is 5.15 Å². The van der Waals surface area contributed by atoms with Crippen LogP contribution >= 0.6 is 11.6 Å². The van der Waals surface area contributed by atoms with E-state index in [2.05, 4.69) is 15.4 Å². The molecule has 0 aliphatic heterocycles. The molecule has 4 rings (SSSR count). The standard InChI is InChI=1S/C16H12ClF3N4/c17-13-7-14(22-11-3-1-2-10(6-11)16(18,19)20)24-15(23-13)12(8-21-24)9-4-5-9/h1-3,6-9,22H,4-5H2. The smallest absolute Gasteiger partial charge is 0.340 e. The van der Waals surface area contributed by atoms with Crippen LogP contribution in [-0.2, 0) is 6.18 Å². The fourth-order valence-corrected chi connectivity index (χ4v) is 2.83. The first-order valence-corrected chi connectivity index (χ1v) is 7.78. The first kappa shape index (κ1) is 15.3. The Morgan fingerprint density at radius 2 is 2.00 bits per heavy atom. The first-order valence-electron chi connectivity index (χ1n) is 7.40. The molecule has 24 heavy (non-hydrogen) atoms. The predicted molar refractivity (Wildman–Crippen MR) is 84.7 cm³/mol. The van der Waals surface area contributed by atoms with E-state index in [1.807, 2.05) is 0 Å². The van der Waals surface area contributed by atoms with Gasteiger partial charge in [0.2, 0.25) is 0 Å². The monoisotopic (exact) mass is 352 g/mol. The molecule has 1 fully saturated rings. The van der Waals surface area contributed by atoms with Crippen molar-refractivity contribution in [1.29, 1.82) is 0 Å². The van der Waals surface area contributed by atoms with Crippen molar-refractivity contribution in [2.75, 3.05) is 5.32 Å². The number of nitrogens with one attached hydrogen (secondary N) is 1. The number of rotatable bonds is 3. The van der Waals surface area contributed by atoms with Crippen LogP contribution in [0.1, 0.15) is 29.9 Å². The fraction of sp³-hybridized carbons (Fsp3) is 0.250. The third-order valence-electron chi connectivity index (χ3n) is 3.95. The van der Waals surface area contributed by atoms with Crippen molar-refractivity contribution in [1.82, 2.24) is 14.6 Å². The van der Waals surface area contributed by atoms with Crippen LogP contribution in [0.15, 0.2) is 36.5 Å². The van der Waals surface area contributed by atoms with E-state index in [9.17, 15) is 13.2 Å². The zero-order valence-corrected chi connectivity index (χ0v) is 13.1. The summed E-state index contributed by atoms with van der Waals surface area (Å²) in [5.41, 5.74) is 1.24. The average Bonchev–Trinajstić information content (AvgIpc) is 3.27. The van der Waals surface area contributed by atoms with Gasteiger partial charge >= 0.3 is 6.18 Å². The van der Waals surface area contributed by atoms with Crippen molar-refractivity contribution in [3.63, 3.8) is 0 Å². The number of alkyl halides is 3. The van der Waals surface area contributed by atoms with E-state index in [1.54, 1.807) is 22.8 Å². The van der Waals surface area contributed by atoms with E-state index in [4.69, 9.17) is 11.6 Å². The Hall–Kier alpha value is -2.28. The molecule has 0 atom stereocenters. The highest BCUT2D eigenvalue weighted by atomic mass is 35.5. The van der Waals surface area contributed by atoms with E-state index in [-0.39, 0.29) is 5.15 Å². The number of aromatic nitrogens is 3. The third kappa shape index (κ3) is 2.80. The lowest BCUT2D eigenvalue weighted by molar-refractivity contribution is -0.137. The van der Waals surface area contributed by atoms with E-state index in [0.717, 1.165) is 30.5 Å². The summed E-state index contributed by atoms with van der Waals surface area (Å²) in [4.78, 5) is 4.30. The minimum atomic E-state index is -4.40. The second-order valence-corrected chi connectivity index (χ2v) is 6.16. The van der Waals surface area contributed by atoms with Gasteiger partial charge in [-0.05, 0) is 37.0 Å². The second-order valence-electron chi connectivity index (χ2n) is 5.78. The number of hydrogen-bond donors (Lipinski definition) is 1. The molecule has 1 aromatic carbocycles. The van der Waals surface area contributed by atoms with Crippen molar-refractivity contribution >= 4 is 28.8 Å². The lowest BCUT2D eigenvalue weighted by atomic mass is 10.2. The van der Waals surface area contributed by atoms with Crippen molar-refractivity contribution in [3.8, 4) is 0 Å². The van der Waals surface area contributed by atoms with Gasteiger partial charge in [-0.15, -0.1) is 0 Å². The molecule has 3 aromatic rings. The Morgan fingerprint density at radius 1 is 1.21 bits per heavy atom. The Bertz CT molecular complexity index is 915. The molecule has 2 heterocycles. The molecular formula is C16H12ClF3N4. The van der Waals surface area contributed by atoms with Crippen molar-refractivity contribution in [2.45, 2.75) is 24.9 Å². The quantitative estimate of drug-likeness (QED) is 0.673. The Kier molecular flexibility index (Phi) is 3.42. The molecule has 1 aliphatic rings. The zero-order valence-electron chi connectivity index (χ0n) is 12.3. The molecule has 2 aromatic heterocycles. The Balaban J connectivity index is 1.75. The van der Waals surface area contributed by atoms with Gasteiger partial charge in [-0.3, -0.25) is 0 Å². The van der Waals surface area contributed by atoms with Gasteiger partial charge in [0.15, 0.2) is 5.65 Å². The van der Waals surface area contributed by atoms with E-state index < -0.39 is 11.7 Å². The highest BCUT2D eigenvalue weighted by Crippen LogP contribution is 2.42. The molecule has 1 N–H and O–H groups in total. The summed E-state index contributed by atoms with van der Waals surface area (Å²) in [6, 6.07) is 6.52. The number of anilines is 2. The molecule has 0 radical (unpaired) electrons. The fourth-order valence-electron chi connectivity index (χ4n) is 2.64. The molecule has 0 saturated heterocycles. The number of fused-ring (bicyclic) bond motifs is 1. The summed E-state index contributed by atoms with van der Waals surface area (Å²) in [5.74, 6) is 0.908. The Morgan fingerprint density at radius 3 is 2.71 bits per heavy atom. The number of hydrogen-bond acceptors (Lipinski definition) is 3. The van der Waals surface area contributed by atoms with Gasteiger partial charge in [-0.2, -0.15) is 22.8 Å².